The molecule has 10 heteroatoms. The van der Waals surface area contributed by atoms with Crippen molar-refractivity contribution in [3.63, 3.8) is 0 Å². The number of piperidine rings is 1. The van der Waals surface area contributed by atoms with Gasteiger partial charge in [-0.3, -0.25) is 9.59 Å². The van der Waals surface area contributed by atoms with Crippen molar-refractivity contribution in [1.82, 2.24) is 10.3 Å². The van der Waals surface area contributed by atoms with Crippen LogP contribution >= 0.6 is 11.3 Å². The van der Waals surface area contributed by atoms with Crippen molar-refractivity contribution in [2.45, 2.75) is 18.9 Å². The average molecular weight is 357 g/mol. The standard InChI is InChI=1S/C14H19N3O6S/c1-23-6-9(13(21)22)15-11(18)10-7-24-14(16-10)17-4-2-8(3-5-17)12(19)20/h7-9H,2-6H2,1H3,(H,15,18)(H,19,20)(H,21,22). The molecule has 132 valence electrons. The van der Waals surface area contributed by atoms with Gasteiger partial charge in [-0.15, -0.1) is 11.3 Å². The number of aliphatic carboxylic acids is 2. The van der Waals surface area contributed by atoms with Gasteiger partial charge in [-0.25, -0.2) is 9.78 Å². The maximum absolute atomic E-state index is 12.1. The largest absolute Gasteiger partial charge is 0.481 e. The maximum atomic E-state index is 12.1. The highest BCUT2D eigenvalue weighted by molar-refractivity contribution is 7.13. The summed E-state index contributed by atoms with van der Waals surface area (Å²) in [5.41, 5.74) is 0.137. The molecule has 2 heterocycles. The Hall–Kier alpha value is -2.20. The van der Waals surface area contributed by atoms with Crippen molar-refractivity contribution < 1.29 is 29.3 Å². The summed E-state index contributed by atoms with van der Waals surface area (Å²) in [6.07, 6.45) is 1.07. The molecule has 1 amide bonds. The molecular formula is C14H19N3O6S. The summed E-state index contributed by atoms with van der Waals surface area (Å²) in [5, 5.41) is 22.6. The second-order valence-electron chi connectivity index (χ2n) is 5.43. The van der Waals surface area contributed by atoms with Crippen LogP contribution in [-0.4, -0.2) is 65.9 Å². The first kappa shape index (κ1) is 18.1. The highest BCUT2D eigenvalue weighted by Gasteiger charge is 2.27. The minimum absolute atomic E-state index is 0.137. The lowest BCUT2D eigenvalue weighted by molar-refractivity contribution is -0.142. The lowest BCUT2D eigenvalue weighted by Crippen LogP contribution is -2.44. The molecule has 9 nitrogen and oxygen atoms in total. The van der Waals surface area contributed by atoms with E-state index in [1.807, 2.05) is 4.90 Å². The number of aromatic nitrogens is 1. The van der Waals surface area contributed by atoms with Crippen LogP contribution in [0.25, 0.3) is 0 Å². The van der Waals surface area contributed by atoms with Gasteiger partial charge in [0.15, 0.2) is 11.2 Å². The van der Waals surface area contributed by atoms with Crippen LogP contribution < -0.4 is 10.2 Å². The molecule has 1 aliphatic rings. The van der Waals surface area contributed by atoms with E-state index < -0.39 is 23.9 Å². The Kier molecular flexibility index (Phi) is 6.10. The van der Waals surface area contributed by atoms with E-state index in [1.165, 1.54) is 18.4 Å². The van der Waals surface area contributed by atoms with Crippen LogP contribution in [0, 0.1) is 5.92 Å². The third-order valence-corrected chi connectivity index (χ3v) is 4.68. The molecule has 2 rings (SSSR count). The minimum atomic E-state index is -1.18. The lowest BCUT2D eigenvalue weighted by Gasteiger charge is -2.29. The van der Waals surface area contributed by atoms with E-state index >= 15 is 0 Å². The highest BCUT2D eigenvalue weighted by atomic mass is 32.1. The second-order valence-corrected chi connectivity index (χ2v) is 6.27. The molecule has 0 saturated carbocycles. The van der Waals surface area contributed by atoms with Gasteiger partial charge in [0.25, 0.3) is 5.91 Å². The fourth-order valence-corrected chi connectivity index (χ4v) is 3.26. The zero-order chi connectivity index (χ0) is 17.7. The molecule has 0 aliphatic carbocycles. The number of anilines is 1. The quantitative estimate of drug-likeness (QED) is 0.634. The van der Waals surface area contributed by atoms with Gasteiger partial charge in [0, 0.05) is 25.6 Å². The van der Waals surface area contributed by atoms with Crippen molar-refractivity contribution in [1.29, 1.82) is 0 Å². The van der Waals surface area contributed by atoms with Gasteiger partial charge in [-0.2, -0.15) is 0 Å². The smallest absolute Gasteiger partial charge is 0.328 e. The number of amides is 1. The number of rotatable bonds is 7. The summed E-state index contributed by atoms with van der Waals surface area (Å²) in [5.74, 6) is -2.89. The minimum Gasteiger partial charge on any atom is -0.481 e. The zero-order valence-corrected chi connectivity index (χ0v) is 13.9. The number of hydrogen-bond acceptors (Lipinski definition) is 7. The number of carboxylic acid groups (broad SMARTS) is 2. The first-order valence-electron chi connectivity index (χ1n) is 7.38. The molecular weight excluding hydrogens is 338 g/mol. The van der Waals surface area contributed by atoms with Crippen LogP contribution in [0.15, 0.2) is 5.38 Å². The van der Waals surface area contributed by atoms with Gasteiger partial charge < -0.3 is 25.2 Å². The van der Waals surface area contributed by atoms with Crippen LogP contribution in [0.2, 0.25) is 0 Å². The molecule has 1 aromatic rings. The van der Waals surface area contributed by atoms with E-state index in [9.17, 15) is 14.4 Å². The van der Waals surface area contributed by atoms with Gasteiger partial charge in [-0.1, -0.05) is 0 Å². The normalized spacial score (nSPS) is 16.6. The number of carboxylic acids is 2. The summed E-state index contributed by atoms with van der Waals surface area (Å²) < 4.78 is 4.76. The zero-order valence-electron chi connectivity index (χ0n) is 13.1. The molecule has 1 aliphatic heterocycles. The van der Waals surface area contributed by atoms with Gasteiger partial charge in [-0.05, 0) is 12.8 Å². The van der Waals surface area contributed by atoms with Crippen LogP contribution in [0.3, 0.4) is 0 Å². The molecule has 3 N–H and O–H groups in total. The molecule has 0 spiro atoms. The Labute approximate surface area is 142 Å². The first-order chi connectivity index (χ1) is 11.4. The Morgan fingerprint density at radius 1 is 1.42 bits per heavy atom. The van der Waals surface area contributed by atoms with E-state index in [4.69, 9.17) is 14.9 Å². The molecule has 1 atom stereocenters. The third-order valence-electron chi connectivity index (χ3n) is 3.78. The molecule has 1 unspecified atom stereocenters. The van der Waals surface area contributed by atoms with Gasteiger partial charge in [0.05, 0.1) is 12.5 Å². The highest BCUT2D eigenvalue weighted by Crippen LogP contribution is 2.26. The summed E-state index contributed by atoms with van der Waals surface area (Å²) in [6, 6.07) is -1.14. The van der Waals surface area contributed by atoms with E-state index in [0.29, 0.717) is 31.1 Å². The molecule has 1 fully saturated rings. The summed E-state index contributed by atoms with van der Waals surface area (Å²) in [6.45, 7) is 0.987. The second kappa shape index (κ2) is 8.06. The van der Waals surface area contributed by atoms with E-state index in [2.05, 4.69) is 10.3 Å². The van der Waals surface area contributed by atoms with Crippen molar-refractivity contribution in [2.75, 3.05) is 31.7 Å². The summed E-state index contributed by atoms with van der Waals surface area (Å²) >= 11 is 1.27. The lowest BCUT2D eigenvalue weighted by atomic mass is 9.98. The van der Waals surface area contributed by atoms with Crippen LogP contribution in [0.1, 0.15) is 23.3 Å². The first-order valence-corrected chi connectivity index (χ1v) is 8.26. The van der Waals surface area contributed by atoms with Gasteiger partial charge in [0.2, 0.25) is 0 Å². The monoisotopic (exact) mass is 357 g/mol. The van der Waals surface area contributed by atoms with Crippen LogP contribution in [0.5, 0.6) is 0 Å². The summed E-state index contributed by atoms with van der Waals surface area (Å²) in [4.78, 5) is 40.2. The molecule has 1 aromatic heterocycles. The fourth-order valence-electron chi connectivity index (χ4n) is 2.41. The van der Waals surface area contributed by atoms with Crippen LogP contribution in [-0.2, 0) is 14.3 Å². The number of hydrogen-bond donors (Lipinski definition) is 3. The van der Waals surface area contributed by atoms with Crippen molar-refractivity contribution in [3.8, 4) is 0 Å². The molecule has 24 heavy (non-hydrogen) atoms. The van der Waals surface area contributed by atoms with Crippen molar-refractivity contribution in [2.24, 2.45) is 5.92 Å². The number of ether oxygens (including phenoxy) is 1. The predicted molar refractivity (Wildman–Crippen MR) is 85.5 cm³/mol. The molecule has 0 radical (unpaired) electrons. The molecule has 1 saturated heterocycles. The number of nitrogens with one attached hydrogen (secondary N) is 1. The van der Waals surface area contributed by atoms with E-state index in [0.717, 1.165) is 0 Å². The Balaban J connectivity index is 1.96. The predicted octanol–water partition coefficient (Wildman–Crippen LogP) is 0.274. The number of carbonyl (C=O) groups excluding carboxylic acids is 1. The number of thiazole rings is 1. The van der Waals surface area contributed by atoms with Gasteiger partial charge in [0.1, 0.15) is 5.69 Å². The third kappa shape index (κ3) is 4.42. The topological polar surface area (TPSA) is 129 Å². The number of nitrogens with zero attached hydrogens (tertiary/aromatic N) is 2. The summed E-state index contributed by atoms with van der Waals surface area (Å²) in [7, 11) is 1.35. The van der Waals surface area contributed by atoms with Crippen molar-refractivity contribution >= 4 is 34.3 Å². The average Bonchev–Trinajstić information content (AvgIpc) is 3.04. The van der Waals surface area contributed by atoms with E-state index in [-0.39, 0.29) is 18.2 Å². The van der Waals surface area contributed by atoms with E-state index in [1.54, 1.807) is 5.38 Å². The SMILES string of the molecule is COCC(NC(=O)c1csc(N2CCC(C(=O)O)CC2)n1)C(=O)O. The van der Waals surface area contributed by atoms with Gasteiger partial charge >= 0.3 is 11.9 Å². The Morgan fingerprint density at radius 3 is 2.62 bits per heavy atom. The van der Waals surface area contributed by atoms with Crippen LogP contribution in [0.4, 0.5) is 5.13 Å². The molecule has 0 bridgehead atoms. The van der Waals surface area contributed by atoms with Crippen molar-refractivity contribution in [3.05, 3.63) is 11.1 Å². The Morgan fingerprint density at radius 2 is 2.08 bits per heavy atom. The fraction of sp³-hybridized carbons (Fsp3) is 0.571. The number of carbonyl (C=O) groups is 3. The molecule has 0 aromatic carbocycles. The Bertz CT molecular complexity index is 611. The maximum Gasteiger partial charge on any atom is 0.328 e. The number of methoxy groups -OCH3 is 1.